The van der Waals surface area contributed by atoms with E-state index in [0.717, 1.165) is 24.3 Å². The lowest BCUT2D eigenvalue weighted by molar-refractivity contribution is -0.137. The number of fused-ring (bicyclic) bond motifs is 1. The Morgan fingerprint density at radius 3 is 2.47 bits per heavy atom. The first kappa shape index (κ1) is 25.1. The highest BCUT2D eigenvalue weighted by Gasteiger charge is 2.35. The third kappa shape index (κ3) is 4.58. The minimum Gasteiger partial charge on any atom is -0.496 e. The molecule has 1 aliphatic rings. The van der Waals surface area contributed by atoms with E-state index in [1.54, 1.807) is 6.92 Å². The van der Waals surface area contributed by atoms with E-state index in [9.17, 15) is 27.2 Å². The number of anilines is 2. The Labute approximate surface area is 198 Å². The Morgan fingerprint density at radius 2 is 1.85 bits per heavy atom. The molecule has 34 heavy (non-hydrogen) atoms. The first-order valence-corrected chi connectivity index (χ1v) is 9.81. The van der Waals surface area contributed by atoms with Crippen LogP contribution in [0.2, 0.25) is 0 Å². The number of hydrogen-bond donors (Lipinski definition) is 1. The maximum absolute atomic E-state index is 13.7. The zero-order valence-corrected chi connectivity index (χ0v) is 19.0. The van der Waals surface area contributed by atoms with Gasteiger partial charge in [0.1, 0.15) is 11.6 Å². The molecule has 0 saturated carbocycles. The van der Waals surface area contributed by atoms with E-state index in [0.29, 0.717) is 0 Å². The number of carbonyl (C=O) groups is 2. The summed E-state index contributed by atoms with van der Waals surface area (Å²) in [7, 11) is 1.33. The van der Waals surface area contributed by atoms with Gasteiger partial charge in [0.25, 0.3) is 11.8 Å². The van der Waals surface area contributed by atoms with Crippen molar-refractivity contribution in [1.29, 1.82) is 0 Å². The van der Waals surface area contributed by atoms with Gasteiger partial charge in [-0.2, -0.15) is 31.8 Å². The molecule has 1 aromatic heterocycles. The first-order chi connectivity index (χ1) is 15.6. The number of halogens is 4. The molecule has 0 fully saturated rings. The molecule has 1 aliphatic heterocycles. The van der Waals surface area contributed by atoms with Crippen LogP contribution in [-0.2, 0) is 6.18 Å². The number of carbonyl (C=O) groups excluding carboxylic acids is 2. The molecule has 0 saturated heterocycles. The van der Waals surface area contributed by atoms with Crippen molar-refractivity contribution in [3.05, 3.63) is 71.3 Å². The molecule has 0 spiro atoms. The third-order valence-corrected chi connectivity index (χ3v) is 5.27. The molecule has 2 amide bonds. The molecule has 0 unspecified atom stereocenters. The number of aromatic nitrogens is 2. The molecule has 12 heteroatoms. The average Bonchev–Trinajstić information content (AvgIpc) is 3.20. The molecule has 3 aromatic rings. The van der Waals surface area contributed by atoms with Gasteiger partial charge in [-0.25, -0.2) is 4.39 Å². The monoisotopic (exact) mass is 496 g/mol. The van der Waals surface area contributed by atoms with Gasteiger partial charge in [0.2, 0.25) is 0 Å². The fourth-order valence-corrected chi connectivity index (χ4v) is 3.65. The number of alkyl halides is 3. The first-order valence-electron chi connectivity index (χ1n) is 9.81. The number of hydrogen-bond acceptors (Lipinski definition) is 4. The summed E-state index contributed by atoms with van der Waals surface area (Å²) in [6, 6.07) is 7.36. The third-order valence-electron chi connectivity index (χ3n) is 5.27. The van der Waals surface area contributed by atoms with Gasteiger partial charge in [0.05, 0.1) is 36.2 Å². The standard InChI is InChI=1S/C22H18F4N4O3.H2S/c1-12-11-29(15-6-3-13(4-7-15)22(24,25)26)21(32)19-17(10-27-30(12)19)28-20(31)16-9-14(23)5-8-18(16)33-2;/h3-10,12H,11H2,1-2H3,(H,28,31);1H2/t12-;/m0./s1. The van der Waals surface area contributed by atoms with Gasteiger partial charge in [-0.3, -0.25) is 14.3 Å². The number of nitrogens with one attached hydrogen (secondary N) is 1. The summed E-state index contributed by atoms with van der Waals surface area (Å²) in [6.45, 7) is 1.95. The molecule has 4 rings (SSSR count). The number of rotatable bonds is 4. The van der Waals surface area contributed by atoms with Gasteiger partial charge >= 0.3 is 6.18 Å². The highest BCUT2D eigenvalue weighted by molar-refractivity contribution is 7.59. The van der Waals surface area contributed by atoms with E-state index in [-0.39, 0.29) is 54.5 Å². The summed E-state index contributed by atoms with van der Waals surface area (Å²) in [5, 5.41) is 6.72. The smallest absolute Gasteiger partial charge is 0.416 e. The van der Waals surface area contributed by atoms with Crippen molar-refractivity contribution in [2.75, 3.05) is 23.9 Å². The number of amides is 2. The van der Waals surface area contributed by atoms with Crippen LogP contribution in [-0.4, -0.2) is 35.2 Å². The van der Waals surface area contributed by atoms with Crippen LogP contribution in [0.5, 0.6) is 5.75 Å². The molecule has 0 aliphatic carbocycles. The van der Waals surface area contributed by atoms with Crippen molar-refractivity contribution in [3.63, 3.8) is 0 Å². The molecule has 180 valence electrons. The van der Waals surface area contributed by atoms with Crippen LogP contribution in [0.4, 0.5) is 28.9 Å². The summed E-state index contributed by atoms with van der Waals surface area (Å²) >= 11 is 0. The van der Waals surface area contributed by atoms with Gasteiger partial charge in [-0.1, -0.05) is 0 Å². The quantitative estimate of drug-likeness (QED) is 0.534. The van der Waals surface area contributed by atoms with Crippen molar-refractivity contribution >= 4 is 36.7 Å². The highest BCUT2D eigenvalue weighted by Crippen LogP contribution is 2.34. The van der Waals surface area contributed by atoms with E-state index in [1.807, 2.05) is 0 Å². The minimum atomic E-state index is -4.49. The van der Waals surface area contributed by atoms with Crippen molar-refractivity contribution in [2.45, 2.75) is 19.1 Å². The molecule has 1 atom stereocenters. The molecule has 2 heterocycles. The van der Waals surface area contributed by atoms with Crippen LogP contribution < -0.4 is 15.0 Å². The largest absolute Gasteiger partial charge is 0.496 e. The van der Waals surface area contributed by atoms with Crippen LogP contribution in [0.3, 0.4) is 0 Å². The predicted octanol–water partition coefficient (Wildman–Crippen LogP) is 4.64. The molecule has 7 nitrogen and oxygen atoms in total. The number of benzene rings is 2. The summed E-state index contributed by atoms with van der Waals surface area (Å²) in [5.41, 5.74) is -0.493. The van der Waals surface area contributed by atoms with Gasteiger partial charge < -0.3 is 15.0 Å². The number of nitrogens with zero attached hydrogens (tertiary/aromatic N) is 3. The van der Waals surface area contributed by atoms with E-state index in [1.165, 1.54) is 41.1 Å². The highest BCUT2D eigenvalue weighted by atomic mass is 32.1. The summed E-state index contributed by atoms with van der Waals surface area (Å²) in [5.74, 6) is -1.77. The lowest BCUT2D eigenvalue weighted by atomic mass is 10.1. The predicted molar refractivity (Wildman–Crippen MR) is 121 cm³/mol. The van der Waals surface area contributed by atoms with E-state index in [4.69, 9.17) is 4.74 Å². The molecule has 1 N–H and O–H groups in total. The van der Waals surface area contributed by atoms with Crippen LogP contribution in [0.1, 0.15) is 39.4 Å². The topological polar surface area (TPSA) is 76.5 Å². The lowest BCUT2D eigenvalue weighted by Gasteiger charge is -2.32. The van der Waals surface area contributed by atoms with Crippen LogP contribution in [0.25, 0.3) is 0 Å². The van der Waals surface area contributed by atoms with E-state index in [2.05, 4.69) is 10.4 Å². The van der Waals surface area contributed by atoms with Gasteiger partial charge in [-0.15, -0.1) is 0 Å². The summed E-state index contributed by atoms with van der Waals surface area (Å²) in [4.78, 5) is 27.3. The second kappa shape index (κ2) is 9.37. The Hall–Kier alpha value is -3.54. The summed E-state index contributed by atoms with van der Waals surface area (Å²) < 4.78 is 58.8. The van der Waals surface area contributed by atoms with Gasteiger partial charge in [-0.05, 0) is 49.4 Å². The van der Waals surface area contributed by atoms with Crippen molar-refractivity contribution in [1.82, 2.24) is 9.78 Å². The van der Waals surface area contributed by atoms with E-state index < -0.39 is 29.4 Å². The zero-order chi connectivity index (χ0) is 23.9. The second-order valence-electron chi connectivity index (χ2n) is 7.46. The molecular weight excluding hydrogens is 476 g/mol. The van der Waals surface area contributed by atoms with Crippen LogP contribution in [0, 0.1) is 5.82 Å². The second-order valence-corrected chi connectivity index (χ2v) is 7.46. The SMILES string of the molecule is COc1ccc(F)cc1C(=O)Nc1cnn2c1C(=O)N(c1ccc(C(F)(F)F)cc1)C[C@@H]2C.S. The number of ether oxygens (including phenoxy) is 1. The average molecular weight is 496 g/mol. The maximum Gasteiger partial charge on any atom is 0.416 e. The minimum absolute atomic E-state index is 0. The molecule has 0 bridgehead atoms. The summed E-state index contributed by atoms with van der Waals surface area (Å²) in [6.07, 6.45) is -3.20. The van der Waals surface area contributed by atoms with Crippen molar-refractivity contribution in [2.24, 2.45) is 0 Å². The molecule has 0 radical (unpaired) electrons. The fraction of sp³-hybridized carbons (Fsp3) is 0.227. The zero-order valence-electron chi connectivity index (χ0n) is 18.0. The van der Waals surface area contributed by atoms with Crippen molar-refractivity contribution < 1.29 is 31.9 Å². The Balaban J connectivity index is 0.00000324. The Bertz CT molecular complexity index is 1230. The van der Waals surface area contributed by atoms with Crippen LogP contribution in [0.15, 0.2) is 48.7 Å². The lowest BCUT2D eigenvalue weighted by Crippen LogP contribution is -2.43. The van der Waals surface area contributed by atoms with Crippen molar-refractivity contribution in [3.8, 4) is 5.75 Å². The Morgan fingerprint density at radius 1 is 1.18 bits per heavy atom. The maximum atomic E-state index is 13.7. The van der Waals surface area contributed by atoms with E-state index >= 15 is 0 Å². The normalized spacial score (nSPS) is 15.4. The van der Waals surface area contributed by atoms with Gasteiger partial charge in [0.15, 0.2) is 5.69 Å². The molecular formula is C22H20F4N4O3S. The Kier molecular flexibility index (Phi) is 6.92. The fourth-order valence-electron chi connectivity index (χ4n) is 3.65. The van der Waals surface area contributed by atoms with Gasteiger partial charge in [0, 0.05) is 12.2 Å². The number of methoxy groups -OCH3 is 1. The van der Waals surface area contributed by atoms with Crippen LogP contribution >= 0.6 is 13.5 Å². The molecule has 2 aromatic carbocycles.